The van der Waals surface area contributed by atoms with Crippen molar-refractivity contribution in [3.63, 3.8) is 0 Å². The van der Waals surface area contributed by atoms with Gasteiger partial charge in [0.2, 0.25) is 5.91 Å². The molecule has 27 heavy (non-hydrogen) atoms. The van der Waals surface area contributed by atoms with Gasteiger partial charge in [0.15, 0.2) is 6.61 Å². The van der Waals surface area contributed by atoms with Crippen molar-refractivity contribution >= 4 is 11.8 Å². The molecule has 2 aromatic carbocycles. The molecule has 0 saturated carbocycles. The van der Waals surface area contributed by atoms with Crippen LogP contribution in [0.25, 0.3) is 0 Å². The van der Waals surface area contributed by atoms with Gasteiger partial charge in [0.05, 0.1) is 12.0 Å². The number of amides is 2. The third-order valence-corrected chi connectivity index (χ3v) is 3.81. The Morgan fingerprint density at radius 3 is 2.33 bits per heavy atom. The predicted molar refractivity (Wildman–Crippen MR) is 92.8 cm³/mol. The van der Waals surface area contributed by atoms with Crippen LogP contribution < -0.4 is 15.6 Å². The van der Waals surface area contributed by atoms with E-state index in [-0.39, 0.29) is 18.6 Å². The highest BCUT2D eigenvalue weighted by molar-refractivity contribution is 5.83. The van der Waals surface area contributed by atoms with Gasteiger partial charge >= 0.3 is 6.18 Å². The molecular weight excluding hydrogens is 361 g/mol. The molecule has 0 aliphatic carbocycles. The first-order valence-electron chi connectivity index (χ1n) is 8.09. The van der Waals surface area contributed by atoms with Crippen molar-refractivity contribution in [3.8, 4) is 5.75 Å². The maximum atomic E-state index is 12.7. The summed E-state index contributed by atoms with van der Waals surface area (Å²) in [7, 11) is 0. The number of carbonyl (C=O) groups excluding carboxylic acids is 2. The highest BCUT2D eigenvalue weighted by atomic mass is 19.4. The second-order valence-electron chi connectivity index (χ2n) is 6.01. The number of hydrogen-bond donors (Lipinski definition) is 2. The number of halogens is 3. The molecule has 144 valence electrons. The second-order valence-corrected chi connectivity index (χ2v) is 6.01. The number of nitrogens with one attached hydrogen (secondary N) is 2. The van der Waals surface area contributed by atoms with Gasteiger partial charge in [-0.25, -0.2) is 0 Å². The number of hydrogen-bond acceptors (Lipinski definition) is 3. The maximum absolute atomic E-state index is 12.7. The lowest BCUT2D eigenvalue weighted by Gasteiger charge is -2.11. The van der Waals surface area contributed by atoms with E-state index in [2.05, 4.69) is 10.9 Å². The first kappa shape index (κ1) is 20.3. The quantitative estimate of drug-likeness (QED) is 0.784. The summed E-state index contributed by atoms with van der Waals surface area (Å²) >= 11 is 0. The highest BCUT2D eigenvalue weighted by Crippen LogP contribution is 2.29. The van der Waals surface area contributed by atoms with Crippen LogP contribution >= 0.6 is 0 Å². The second kappa shape index (κ2) is 8.57. The van der Waals surface area contributed by atoms with E-state index in [1.165, 1.54) is 12.1 Å². The van der Waals surface area contributed by atoms with Gasteiger partial charge in [-0.1, -0.05) is 24.3 Å². The Morgan fingerprint density at radius 1 is 0.963 bits per heavy atom. The third kappa shape index (κ3) is 6.32. The van der Waals surface area contributed by atoms with Crippen LogP contribution in [0.2, 0.25) is 0 Å². The number of rotatable bonds is 5. The monoisotopic (exact) mass is 380 g/mol. The molecule has 2 N–H and O–H groups in total. The number of aryl methyl sites for hydroxylation is 2. The SMILES string of the molecule is Cc1ccc(OCC(=O)NNC(=O)Cc2cccc(C(F)(F)F)c2)cc1C. The molecule has 8 heteroatoms. The van der Waals surface area contributed by atoms with E-state index in [0.717, 1.165) is 23.3 Å². The predicted octanol–water partition coefficient (Wildman–Crippen LogP) is 3.09. The van der Waals surface area contributed by atoms with Gasteiger partial charge in [0, 0.05) is 0 Å². The zero-order valence-corrected chi connectivity index (χ0v) is 14.8. The summed E-state index contributed by atoms with van der Waals surface area (Å²) in [6, 6.07) is 9.81. The van der Waals surface area contributed by atoms with Gasteiger partial charge in [0.25, 0.3) is 5.91 Å². The highest BCUT2D eigenvalue weighted by Gasteiger charge is 2.30. The third-order valence-electron chi connectivity index (χ3n) is 3.81. The summed E-state index contributed by atoms with van der Waals surface area (Å²) in [5.41, 5.74) is 5.76. The van der Waals surface area contributed by atoms with Crippen LogP contribution in [0.1, 0.15) is 22.3 Å². The van der Waals surface area contributed by atoms with Crippen LogP contribution in [-0.2, 0) is 22.2 Å². The molecule has 0 atom stereocenters. The van der Waals surface area contributed by atoms with Gasteiger partial charge in [0.1, 0.15) is 5.75 Å². The molecule has 0 fully saturated rings. The van der Waals surface area contributed by atoms with Crippen LogP contribution in [-0.4, -0.2) is 18.4 Å². The summed E-state index contributed by atoms with van der Waals surface area (Å²) < 4.78 is 43.3. The zero-order valence-electron chi connectivity index (χ0n) is 14.8. The lowest BCUT2D eigenvalue weighted by molar-refractivity contribution is -0.137. The van der Waals surface area contributed by atoms with Gasteiger partial charge in [-0.15, -0.1) is 0 Å². The van der Waals surface area contributed by atoms with Gasteiger partial charge in [-0.2, -0.15) is 13.2 Å². The van der Waals surface area contributed by atoms with Crippen LogP contribution in [0.5, 0.6) is 5.75 Å². The Labute approximate surface area is 154 Å². The molecule has 5 nitrogen and oxygen atoms in total. The lowest BCUT2D eigenvalue weighted by Crippen LogP contribution is -2.44. The smallest absolute Gasteiger partial charge is 0.416 e. The Balaban J connectivity index is 1.79. The number of benzene rings is 2. The molecular formula is C19H19F3N2O3. The minimum Gasteiger partial charge on any atom is -0.484 e. The van der Waals surface area contributed by atoms with Crippen LogP contribution in [0.4, 0.5) is 13.2 Å². The summed E-state index contributed by atoms with van der Waals surface area (Å²) in [6.07, 6.45) is -4.78. The Bertz CT molecular complexity index is 835. The van der Waals surface area contributed by atoms with Crippen molar-refractivity contribution in [3.05, 3.63) is 64.7 Å². The molecule has 0 unspecified atom stereocenters. The van der Waals surface area contributed by atoms with E-state index in [1.54, 1.807) is 12.1 Å². The summed E-state index contributed by atoms with van der Waals surface area (Å²) in [5, 5.41) is 0. The molecule has 0 saturated heterocycles. The molecule has 0 spiro atoms. The first-order valence-corrected chi connectivity index (χ1v) is 8.09. The van der Waals surface area contributed by atoms with E-state index in [1.807, 2.05) is 19.9 Å². The van der Waals surface area contributed by atoms with Crippen molar-refractivity contribution in [1.29, 1.82) is 0 Å². The Kier molecular flexibility index (Phi) is 6.44. The van der Waals surface area contributed by atoms with Gasteiger partial charge in [-0.3, -0.25) is 20.4 Å². The maximum Gasteiger partial charge on any atom is 0.416 e. The summed E-state index contributed by atoms with van der Waals surface area (Å²) in [4.78, 5) is 23.5. The topological polar surface area (TPSA) is 67.4 Å². The number of alkyl halides is 3. The number of ether oxygens (including phenoxy) is 1. The van der Waals surface area contributed by atoms with E-state index >= 15 is 0 Å². The van der Waals surface area contributed by atoms with E-state index < -0.39 is 23.6 Å². The zero-order chi connectivity index (χ0) is 20.0. The minimum atomic E-state index is -4.48. The average Bonchev–Trinajstić information content (AvgIpc) is 2.60. The number of carbonyl (C=O) groups is 2. The first-order chi connectivity index (χ1) is 12.6. The molecule has 0 radical (unpaired) electrons. The lowest BCUT2D eigenvalue weighted by atomic mass is 10.1. The minimum absolute atomic E-state index is 0.183. The fourth-order valence-corrected chi connectivity index (χ4v) is 2.22. The Morgan fingerprint density at radius 2 is 1.67 bits per heavy atom. The largest absolute Gasteiger partial charge is 0.484 e. The van der Waals surface area contributed by atoms with E-state index in [4.69, 9.17) is 4.74 Å². The van der Waals surface area contributed by atoms with Crippen molar-refractivity contribution < 1.29 is 27.5 Å². The fourth-order valence-electron chi connectivity index (χ4n) is 2.22. The van der Waals surface area contributed by atoms with Crippen molar-refractivity contribution in [2.45, 2.75) is 26.4 Å². The summed E-state index contributed by atoms with van der Waals surface area (Å²) in [6.45, 7) is 3.55. The summed E-state index contributed by atoms with van der Waals surface area (Å²) in [5.74, 6) is -0.719. The Hall–Kier alpha value is -3.03. The van der Waals surface area contributed by atoms with Crippen molar-refractivity contribution in [2.24, 2.45) is 0 Å². The average molecular weight is 380 g/mol. The standard InChI is InChI=1S/C19H19F3N2O3/c1-12-6-7-16(8-13(12)2)27-11-18(26)24-23-17(25)10-14-4-3-5-15(9-14)19(20,21)22/h3-9H,10-11H2,1-2H3,(H,23,25)(H,24,26). The van der Waals surface area contributed by atoms with Crippen LogP contribution in [0.3, 0.4) is 0 Å². The molecule has 2 rings (SSSR count). The van der Waals surface area contributed by atoms with Crippen LogP contribution in [0.15, 0.2) is 42.5 Å². The fraction of sp³-hybridized carbons (Fsp3) is 0.263. The van der Waals surface area contributed by atoms with Gasteiger partial charge < -0.3 is 4.74 Å². The molecule has 0 aliphatic rings. The molecule has 0 bridgehead atoms. The normalized spacial score (nSPS) is 11.0. The van der Waals surface area contributed by atoms with Gasteiger partial charge in [-0.05, 0) is 48.7 Å². The molecule has 0 aromatic heterocycles. The molecule has 2 aromatic rings. The van der Waals surface area contributed by atoms with E-state index in [9.17, 15) is 22.8 Å². The molecule has 0 heterocycles. The van der Waals surface area contributed by atoms with E-state index in [0.29, 0.717) is 5.75 Å². The molecule has 0 aliphatic heterocycles. The van der Waals surface area contributed by atoms with Crippen molar-refractivity contribution in [1.82, 2.24) is 10.9 Å². The van der Waals surface area contributed by atoms with Crippen molar-refractivity contribution in [2.75, 3.05) is 6.61 Å². The molecule has 2 amide bonds. The number of hydrazine groups is 1. The van der Waals surface area contributed by atoms with Crippen LogP contribution in [0, 0.1) is 13.8 Å².